The van der Waals surface area contributed by atoms with Crippen molar-refractivity contribution in [1.29, 1.82) is 0 Å². The van der Waals surface area contributed by atoms with Crippen molar-refractivity contribution in [3.05, 3.63) is 23.8 Å². The molecule has 0 spiro atoms. The Kier molecular flexibility index (Phi) is 5.66. The Hall–Kier alpha value is -1.92. The number of nitrogens with two attached hydrogens (primary N) is 1. The van der Waals surface area contributed by atoms with Gasteiger partial charge in [-0.05, 0) is 25.0 Å². The molecule has 0 radical (unpaired) electrons. The number of carbonyl (C=O) groups excluding carboxylic acids is 1. The Morgan fingerprint density at radius 3 is 2.65 bits per heavy atom. The lowest BCUT2D eigenvalue weighted by molar-refractivity contribution is -0.135. The number of methoxy groups -OCH3 is 1. The molecular formula is C13H17F3N2O2. The number of para-hydroxylation sites is 1. The van der Waals surface area contributed by atoms with Gasteiger partial charge in [-0.2, -0.15) is 13.2 Å². The summed E-state index contributed by atoms with van der Waals surface area (Å²) in [7, 11) is 1.25. The topological polar surface area (TPSA) is 64.3 Å². The van der Waals surface area contributed by atoms with Crippen molar-refractivity contribution in [2.45, 2.75) is 25.4 Å². The monoisotopic (exact) mass is 290 g/mol. The molecule has 7 heteroatoms. The highest BCUT2D eigenvalue weighted by molar-refractivity contribution is 5.98. The molecule has 1 rings (SSSR count). The maximum absolute atomic E-state index is 12.0. The third kappa shape index (κ3) is 4.99. The average molecular weight is 290 g/mol. The van der Waals surface area contributed by atoms with Crippen molar-refractivity contribution >= 4 is 17.3 Å². The van der Waals surface area contributed by atoms with Crippen LogP contribution in [0.25, 0.3) is 0 Å². The Bertz CT molecular complexity index is 461. The first-order valence-corrected chi connectivity index (χ1v) is 6.12. The SMILES string of the molecule is COC(=O)c1cccc(N)c1NCCCCC(F)(F)F. The molecule has 0 aliphatic carbocycles. The summed E-state index contributed by atoms with van der Waals surface area (Å²) in [6, 6.07) is 4.75. The van der Waals surface area contributed by atoms with Crippen molar-refractivity contribution in [1.82, 2.24) is 0 Å². The van der Waals surface area contributed by atoms with Crippen LogP contribution in [0, 0.1) is 0 Å². The molecule has 0 aromatic heterocycles. The quantitative estimate of drug-likeness (QED) is 0.480. The fourth-order valence-electron chi connectivity index (χ4n) is 1.71. The van der Waals surface area contributed by atoms with Gasteiger partial charge in [-0.1, -0.05) is 6.07 Å². The molecule has 0 aliphatic heterocycles. The van der Waals surface area contributed by atoms with Crippen LogP contribution in [0.3, 0.4) is 0 Å². The largest absolute Gasteiger partial charge is 0.465 e. The molecular weight excluding hydrogens is 273 g/mol. The van der Waals surface area contributed by atoms with E-state index >= 15 is 0 Å². The minimum absolute atomic E-state index is 0.0246. The number of ether oxygens (including phenoxy) is 1. The minimum Gasteiger partial charge on any atom is -0.465 e. The molecule has 0 amide bonds. The van der Waals surface area contributed by atoms with E-state index in [0.29, 0.717) is 24.3 Å². The number of hydrogen-bond donors (Lipinski definition) is 2. The van der Waals surface area contributed by atoms with Crippen LogP contribution in [0.1, 0.15) is 29.6 Å². The van der Waals surface area contributed by atoms with Gasteiger partial charge in [-0.25, -0.2) is 4.79 Å². The summed E-state index contributed by atoms with van der Waals surface area (Å²) >= 11 is 0. The Labute approximate surface area is 115 Å². The summed E-state index contributed by atoms with van der Waals surface area (Å²) in [5.74, 6) is -0.546. The van der Waals surface area contributed by atoms with Gasteiger partial charge in [0.15, 0.2) is 0 Å². The van der Waals surface area contributed by atoms with E-state index in [2.05, 4.69) is 10.1 Å². The third-order valence-electron chi connectivity index (χ3n) is 2.69. The van der Waals surface area contributed by atoms with Crippen molar-refractivity contribution < 1.29 is 22.7 Å². The zero-order valence-corrected chi connectivity index (χ0v) is 11.1. The van der Waals surface area contributed by atoms with Crippen molar-refractivity contribution in [3.63, 3.8) is 0 Å². The third-order valence-corrected chi connectivity index (χ3v) is 2.69. The number of halogens is 3. The number of rotatable bonds is 6. The van der Waals surface area contributed by atoms with Gasteiger partial charge in [0.25, 0.3) is 0 Å². The molecule has 0 aliphatic rings. The van der Waals surface area contributed by atoms with Gasteiger partial charge in [0.1, 0.15) is 0 Å². The summed E-state index contributed by atoms with van der Waals surface area (Å²) < 4.78 is 40.6. The number of carbonyl (C=O) groups is 1. The molecule has 0 unspecified atom stereocenters. The second-order valence-corrected chi connectivity index (χ2v) is 4.26. The van der Waals surface area contributed by atoms with Gasteiger partial charge in [-0.3, -0.25) is 0 Å². The fourth-order valence-corrected chi connectivity index (χ4v) is 1.71. The number of unbranched alkanes of at least 4 members (excludes halogenated alkanes) is 1. The smallest absolute Gasteiger partial charge is 0.389 e. The molecule has 0 bridgehead atoms. The van der Waals surface area contributed by atoms with E-state index in [4.69, 9.17) is 5.73 Å². The van der Waals surface area contributed by atoms with Gasteiger partial charge in [0, 0.05) is 13.0 Å². The second-order valence-electron chi connectivity index (χ2n) is 4.26. The lowest BCUT2D eigenvalue weighted by Gasteiger charge is -2.13. The molecule has 0 saturated heterocycles. The van der Waals surface area contributed by atoms with Gasteiger partial charge in [0.05, 0.1) is 24.0 Å². The second kappa shape index (κ2) is 7.02. The van der Waals surface area contributed by atoms with Crippen LogP contribution >= 0.6 is 0 Å². The van der Waals surface area contributed by atoms with Crippen LogP contribution in [0.2, 0.25) is 0 Å². The van der Waals surface area contributed by atoms with Crippen LogP contribution in [0.4, 0.5) is 24.5 Å². The van der Waals surface area contributed by atoms with E-state index in [1.165, 1.54) is 7.11 Å². The van der Waals surface area contributed by atoms with Crippen LogP contribution in [-0.2, 0) is 4.74 Å². The first-order valence-electron chi connectivity index (χ1n) is 6.12. The molecule has 1 aromatic rings. The zero-order chi connectivity index (χ0) is 15.2. The number of benzene rings is 1. The molecule has 0 heterocycles. The van der Waals surface area contributed by atoms with Crippen molar-refractivity contribution in [3.8, 4) is 0 Å². The minimum atomic E-state index is -4.14. The van der Waals surface area contributed by atoms with E-state index < -0.39 is 18.6 Å². The van der Waals surface area contributed by atoms with E-state index in [0.717, 1.165) is 0 Å². The lowest BCUT2D eigenvalue weighted by atomic mass is 10.1. The number of anilines is 2. The first-order chi connectivity index (χ1) is 9.35. The van der Waals surface area contributed by atoms with Crippen LogP contribution in [0.15, 0.2) is 18.2 Å². The van der Waals surface area contributed by atoms with Gasteiger partial charge in [-0.15, -0.1) is 0 Å². The summed E-state index contributed by atoms with van der Waals surface area (Å²) in [6.07, 6.45) is -4.60. The Morgan fingerprint density at radius 2 is 2.05 bits per heavy atom. The first kappa shape index (κ1) is 16.1. The van der Waals surface area contributed by atoms with E-state index in [1.54, 1.807) is 18.2 Å². The fraction of sp³-hybridized carbons (Fsp3) is 0.462. The number of esters is 1. The van der Waals surface area contributed by atoms with E-state index in [-0.39, 0.29) is 12.0 Å². The summed E-state index contributed by atoms with van der Waals surface area (Å²) in [6.45, 7) is 0.300. The highest BCUT2D eigenvalue weighted by Gasteiger charge is 2.25. The lowest BCUT2D eigenvalue weighted by Crippen LogP contribution is -2.12. The maximum atomic E-state index is 12.0. The molecule has 20 heavy (non-hydrogen) atoms. The summed E-state index contributed by atoms with van der Waals surface area (Å²) in [5.41, 5.74) is 6.76. The number of alkyl halides is 3. The van der Waals surface area contributed by atoms with Crippen LogP contribution in [-0.4, -0.2) is 25.8 Å². The van der Waals surface area contributed by atoms with Crippen molar-refractivity contribution in [2.24, 2.45) is 0 Å². The summed E-state index contributed by atoms with van der Waals surface area (Å²) in [5, 5.41) is 2.89. The molecule has 1 aromatic carbocycles. The van der Waals surface area contributed by atoms with E-state index in [9.17, 15) is 18.0 Å². The average Bonchev–Trinajstić information content (AvgIpc) is 2.37. The predicted octanol–water partition coefficient (Wildman–Crippen LogP) is 3.20. The Morgan fingerprint density at radius 1 is 1.35 bits per heavy atom. The normalized spacial score (nSPS) is 11.2. The zero-order valence-electron chi connectivity index (χ0n) is 11.1. The molecule has 0 atom stereocenters. The van der Waals surface area contributed by atoms with E-state index in [1.807, 2.05) is 0 Å². The number of nitrogen functional groups attached to an aromatic ring is 1. The van der Waals surface area contributed by atoms with Crippen LogP contribution < -0.4 is 11.1 Å². The predicted molar refractivity (Wildman–Crippen MR) is 70.6 cm³/mol. The molecule has 112 valence electrons. The van der Waals surface area contributed by atoms with Crippen LogP contribution in [0.5, 0.6) is 0 Å². The van der Waals surface area contributed by atoms with Crippen molar-refractivity contribution in [2.75, 3.05) is 24.7 Å². The standard InChI is InChI=1S/C13H17F3N2O2/c1-20-12(19)9-5-4-6-10(17)11(9)18-8-3-2-7-13(14,15)16/h4-6,18H,2-3,7-8,17H2,1H3. The highest BCUT2D eigenvalue weighted by atomic mass is 19.4. The molecule has 3 N–H and O–H groups in total. The highest BCUT2D eigenvalue weighted by Crippen LogP contribution is 2.25. The molecule has 0 saturated carbocycles. The molecule has 4 nitrogen and oxygen atoms in total. The van der Waals surface area contributed by atoms with Gasteiger partial charge in [0.2, 0.25) is 0 Å². The van der Waals surface area contributed by atoms with Gasteiger partial charge < -0.3 is 15.8 Å². The number of hydrogen-bond acceptors (Lipinski definition) is 4. The van der Waals surface area contributed by atoms with Gasteiger partial charge >= 0.3 is 12.1 Å². The molecule has 0 fully saturated rings. The summed E-state index contributed by atoms with van der Waals surface area (Å²) in [4.78, 5) is 11.5. The maximum Gasteiger partial charge on any atom is 0.389 e. The Balaban J connectivity index is 2.57. The number of nitrogens with one attached hydrogen (secondary N) is 1.